The maximum atomic E-state index is 5.98. The smallest absolute Gasteiger partial charge is 0.0467 e. The van der Waals surface area contributed by atoms with E-state index in [0.717, 1.165) is 18.4 Å². The summed E-state index contributed by atoms with van der Waals surface area (Å²) in [6.07, 6.45) is 3.97. The summed E-state index contributed by atoms with van der Waals surface area (Å²) in [5.74, 6) is 1.59. The quantitative estimate of drug-likeness (QED) is 0.812. The van der Waals surface area contributed by atoms with E-state index in [1.165, 1.54) is 30.4 Å². The van der Waals surface area contributed by atoms with Crippen LogP contribution in [0.1, 0.15) is 56.2 Å². The Labute approximate surface area is 118 Å². The molecule has 1 fully saturated rings. The summed E-state index contributed by atoms with van der Waals surface area (Å²) >= 11 is 0. The summed E-state index contributed by atoms with van der Waals surface area (Å²) in [4.78, 5) is 2.39. The van der Waals surface area contributed by atoms with Gasteiger partial charge in [0.15, 0.2) is 0 Å². The van der Waals surface area contributed by atoms with Gasteiger partial charge in [-0.1, -0.05) is 38.1 Å². The maximum Gasteiger partial charge on any atom is 0.0467 e. The summed E-state index contributed by atoms with van der Waals surface area (Å²) in [7, 11) is 2.19. The van der Waals surface area contributed by atoms with Crippen LogP contribution in [-0.2, 0) is 0 Å². The lowest BCUT2D eigenvalue weighted by molar-refractivity contribution is 0.236. The molecule has 0 aromatic heterocycles. The monoisotopic (exact) mass is 260 g/mol. The maximum absolute atomic E-state index is 5.98. The lowest BCUT2D eigenvalue weighted by Gasteiger charge is -2.28. The molecule has 1 saturated carbocycles. The van der Waals surface area contributed by atoms with Gasteiger partial charge in [0.1, 0.15) is 0 Å². The first kappa shape index (κ1) is 14.5. The predicted molar refractivity (Wildman–Crippen MR) is 82.3 cm³/mol. The molecule has 2 rings (SSSR count). The molecule has 0 saturated heterocycles. The van der Waals surface area contributed by atoms with Crippen LogP contribution in [-0.4, -0.2) is 25.0 Å². The number of rotatable bonds is 7. The van der Waals surface area contributed by atoms with Gasteiger partial charge in [0.2, 0.25) is 0 Å². The molecule has 0 aliphatic heterocycles. The Bertz CT molecular complexity index is 379. The van der Waals surface area contributed by atoms with E-state index >= 15 is 0 Å². The second-order valence-electron chi connectivity index (χ2n) is 6.36. The first-order valence-electron chi connectivity index (χ1n) is 7.62. The molecule has 1 aromatic rings. The van der Waals surface area contributed by atoms with Crippen LogP contribution < -0.4 is 5.73 Å². The van der Waals surface area contributed by atoms with Crippen LogP contribution in [0.5, 0.6) is 0 Å². The zero-order chi connectivity index (χ0) is 13.8. The summed E-state index contributed by atoms with van der Waals surface area (Å²) in [6.45, 7) is 6.35. The minimum atomic E-state index is 0.354. The molecule has 1 atom stereocenters. The molecule has 106 valence electrons. The van der Waals surface area contributed by atoms with Crippen LogP contribution in [0.4, 0.5) is 0 Å². The zero-order valence-electron chi connectivity index (χ0n) is 12.6. The third-order valence-corrected chi connectivity index (χ3v) is 4.18. The van der Waals surface area contributed by atoms with Crippen LogP contribution in [0.15, 0.2) is 24.3 Å². The highest BCUT2D eigenvalue weighted by Crippen LogP contribution is 2.40. The molecule has 2 nitrogen and oxygen atoms in total. The van der Waals surface area contributed by atoms with Crippen molar-refractivity contribution in [3.63, 3.8) is 0 Å². The highest BCUT2D eigenvalue weighted by atomic mass is 15.1. The molecular weight excluding hydrogens is 232 g/mol. The van der Waals surface area contributed by atoms with Crippen LogP contribution in [0.3, 0.4) is 0 Å². The van der Waals surface area contributed by atoms with Crippen LogP contribution in [0.2, 0.25) is 0 Å². The molecule has 1 aliphatic carbocycles. The van der Waals surface area contributed by atoms with Gasteiger partial charge < -0.3 is 5.73 Å². The third kappa shape index (κ3) is 4.05. The molecule has 0 bridgehead atoms. The fraction of sp³-hybridized carbons (Fsp3) is 0.647. The van der Waals surface area contributed by atoms with Gasteiger partial charge in [-0.15, -0.1) is 0 Å². The number of hydrogen-bond acceptors (Lipinski definition) is 2. The molecular formula is C17H28N2. The van der Waals surface area contributed by atoms with E-state index in [0.29, 0.717) is 12.6 Å². The van der Waals surface area contributed by atoms with Gasteiger partial charge in [-0.3, -0.25) is 4.90 Å². The van der Waals surface area contributed by atoms with Crippen LogP contribution >= 0.6 is 0 Å². The van der Waals surface area contributed by atoms with Crippen molar-refractivity contribution in [2.45, 2.75) is 45.1 Å². The van der Waals surface area contributed by atoms with Gasteiger partial charge in [0.05, 0.1) is 0 Å². The van der Waals surface area contributed by atoms with Crippen molar-refractivity contribution >= 4 is 0 Å². The van der Waals surface area contributed by atoms with Crippen molar-refractivity contribution in [3.8, 4) is 0 Å². The van der Waals surface area contributed by atoms with Crippen molar-refractivity contribution in [2.75, 3.05) is 20.1 Å². The molecule has 2 heteroatoms. The highest BCUT2D eigenvalue weighted by Gasteiger charge is 2.23. The fourth-order valence-electron chi connectivity index (χ4n) is 2.60. The molecule has 0 spiro atoms. The Morgan fingerprint density at radius 3 is 2.32 bits per heavy atom. The van der Waals surface area contributed by atoms with Crippen LogP contribution in [0.25, 0.3) is 0 Å². The molecule has 2 N–H and O–H groups in total. The normalized spacial score (nSPS) is 17.2. The summed E-state index contributed by atoms with van der Waals surface area (Å²) in [6, 6.07) is 9.50. The van der Waals surface area contributed by atoms with Gasteiger partial charge in [-0.25, -0.2) is 0 Å². The second kappa shape index (κ2) is 6.53. The Hall–Kier alpha value is -0.860. The van der Waals surface area contributed by atoms with Crippen molar-refractivity contribution in [1.29, 1.82) is 0 Å². The van der Waals surface area contributed by atoms with E-state index in [4.69, 9.17) is 5.73 Å². The van der Waals surface area contributed by atoms with E-state index < -0.39 is 0 Å². The largest absolute Gasteiger partial charge is 0.329 e. The number of nitrogens with zero attached hydrogens (tertiary/aromatic N) is 1. The average molecular weight is 260 g/mol. The Morgan fingerprint density at radius 2 is 1.84 bits per heavy atom. The summed E-state index contributed by atoms with van der Waals surface area (Å²) in [5.41, 5.74) is 8.84. The zero-order valence-corrected chi connectivity index (χ0v) is 12.6. The van der Waals surface area contributed by atoms with E-state index in [1.54, 1.807) is 0 Å². The van der Waals surface area contributed by atoms with E-state index in [9.17, 15) is 0 Å². The molecule has 19 heavy (non-hydrogen) atoms. The Morgan fingerprint density at radius 1 is 1.21 bits per heavy atom. The van der Waals surface area contributed by atoms with Gasteiger partial charge in [0.25, 0.3) is 0 Å². The molecule has 1 aromatic carbocycles. The summed E-state index contributed by atoms with van der Waals surface area (Å²) < 4.78 is 0. The average Bonchev–Trinajstić information content (AvgIpc) is 3.22. The molecule has 0 heterocycles. The van der Waals surface area contributed by atoms with Gasteiger partial charge in [0, 0.05) is 12.6 Å². The van der Waals surface area contributed by atoms with Gasteiger partial charge in [-0.05, 0) is 55.8 Å². The van der Waals surface area contributed by atoms with Gasteiger partial charge >= 0.3 is 0 Å². The fourth-order valence-corrected chi connectivity index (χ4v) is 2.60. The van der Waals surface area contributed by atoms with Crippen molar-refractivity contribution < 1.29 is 0 Å². The predicted octanol–water partition coefficient (Wildman–Crippen LogP) is 3.54. The van der Waals surface area contributed by atoms with Crippen molar-refractivity contribution in [1.82, 2.24) is 4.90 Å². The standard InChI is InChI=1S/C17H28N2/c1-13(2)10-11-19(3)17(12-18)16-8-6-15(7-9-16)14-4-5-14/h6-9,13-14,17H,4-5,10-12,18H2,1-3H3. The number of likely N-dealkylation sites (N-methyl/N-ethyl adjacent to an activating group) is 1. The van der Waals surface area contributed by atoms with Gasteiger partial charge in [-0.2, -0.15) is 0 Å². The Balaban J connectivity index is 1.98. The first-order valence-corrected chi connectivity index (χ1v) is 7.62. The van der Waals surface area contributed by atoms with E-state index in [1.807, 2.05) is 0 Å². The molecule has 0 radical (unpaired) electrons. The molecule has 0 amide bonds. The summed E-state index contributed by atoms with van der Waals surface area (Å²) in [5, 5.41) is 0. The number of nitrogens with two attached hydrogens (primary N) is 1. The van der Waals surface area contributed by atoms with E-state index in [2.05, 4.69) is 50.1 Å². The van der Waals surface area contributed by atoms with Crippen LogP contribution in [0, 0.1) is 5.92 Å². The Kier molecular flexibility index (Phi) is 5.00. The molecule has 1 unspecified atom stereocenters. The SMILES string of the molecule is CC(C)CCN(C)C(CN)c1ccc(C2CC2)cc1. The van der Waals surface area contributed by atoms with Crippen molar-refractivity contribution in [3.05, 3.63) is 35.4 Å². The lowest BCUT2D eigenvalue weighted by Crippen LogP contribution is -2.31. The van der Waals surface area contributed by atoms with E-state index in [-0.39, 0.29) is 0 Å². The first-order chi connectivity index (χ1) is 9.11. The molecule has 1 aliphatic rings. The minimum absolute atomic E-state index is 0.354. The second-order valence-corrected chi connectivity index (χ2v) is 6.36. The topological polar surface area (TPSA) is 29.3 Å². The number of hydrogen-bond donors (Lipinski definition) is 1. The van der Waals surface area contributed by atoms with Crippen molar-refractivity contribution in [2.24, 2.45) is 11.7 Å². The minimum Gasteiger partial charge on any atom is -0.329 e. The highest BCUT2D eigenvalue weighted by molar-refractivity contribution is 5.29. The number of benzene rings is 1. The third-order valence-electron chi connectivity index (χ3n) is 4.18. The lowest BCUT2D eigenvalue weighted by atomic mass is 10.0.